The standard InChI is InChI=1S/C20H15NO4/c1-14-4-2-3-5-18(14)19(22)12-10-17-11-13-20(25-17)15-6-8-16(9-7-15)21(23)24/h2-13H,1H3/b12-10+. The Morgan fingerprint density at radius 1 is 1.04 bits per heavy atom. The van der Waals surface area contributed by atoms with Crippen LogP contribution in [0.25, 0.3) is 17.4 Å². The van der Waals surface area contributed by atoms with E-state index >= 15 is 0 Å². The van der Waals surface area contributed by atoms with Gasteiger partial charge in [0.1, 0.15) is 11.5 Å². The highest BCUT2D eigenvalue weighted by molar-refractivity contribution is 6.07. The van der Waals surface area contributed by atoms with Crippen LogP contribution < -0.4 is 0 Å². The van der Waals surface area contributed by atoms with E-state index in [2.05, 4.69) is 0 Å². The van der Waals surface area contributed by atoms with Crippen molar-refractivity contribution in [3.05, 3.63) is 93.7 Å². The summed E-state index contributed by atoms with van der Waals surface area (Å²) < 4.78 is 5.68. The van der Waals surface area contributed by atoms with Crippen LogP contribution >= 0.6 is 0 Å². The Balaban J connectivity index is 1.76. The summed E-state index contributed by atoms with van der Waals surface area (Å²) in [5.74, 6) is 1.03. The van der Waals surface area contributed by atoms with Crippen LogP contribution in [-0.4, -0.2) is 10.7 Å². The molecule has 3 rings (SSSR count). The number of hydrogen-bond donors (Lipinski definition) is 0. The Morgan fingerprint density at radius 2 is 1.76 bits per heavy atom. The van der Waals surface area contributed by atoms with Gasteiger partial charge in [0.25, 0.3) is 5.69 Å². The van der Waals surface area contributed by atoms with Crippen LogP contribution in [0.5, 0.6) is 0 Å². The molecule has 0 atom stereocenters. The Hall–Kier alpha value is -3.47. The van der Waals surface area contributed by atoms with Crippen molar-refractivity contribution in [2.45, 2.75) is 6.92 Å². The molecule has 3 aromatic rings. The summed E-state index contributed by atoms with van der Waals surface area (Å²) in [6.07, 6.45) is 3.09. The summed E-state index contributed by atoms with van der Waals surface area (Å²) in [6.45, 7) is 1.89. The van der Waals surface area contributed by atoms with Crippen molar-refractivity contribution in [3.63, 3.8) is 0 Å². The number of carbonyl (C=O) groups is 1. The molecule has 5 heteroatoms. The van der Waals surface area contributed by atoms with Crippen molar-refractivity contribution in [1.29, 1.82) is 0 Å². The van der Waals surface area contributed by atoms with Crippen molar-refractivity contribution in [1.82, 2.24) is 0 Å². The zero-order valence-electron chi connectivity index (χ0n) is 13.5. The third-order valence-electron chi connectivity index (χ3n) is 3.80. The number of nitro benzene ring substituents is 1. The van der Waals surface area contributed by atoms with Crippen molar-refractivity contribution in [2.24, 2.45) is 0 Å². The molecule has 0 amide bonds. The first kappa shape index (κ1) is 16.4. The number of benzene rings is 2. The molecule has 25 heavy (non-hydrogen) atoms. The molecule has 0 radical (unpaired) electrons. The van der Waals surface area contributed by atoms with Crippen LogP contribution in [0.1, 0.15) is 21.7 Å². The molecule has 0 aliphatic heterocycles. The first-order valence-electron chi connectivity index (χ1n) is 7.67. The van der Waals surface area contributed by atoms with E-state index in [0.29, 0.717) is 17.1 Å². The fraction of sp³-hybridized carbons (Fsp3) is 0.0500. The van der Waals surface area contributed by atoms with Gasteiger partial charge < -0.3 is 4.42 Å². The van der Waals surface area contributed by atoms with E-state index in [1.54, 1.807) is 36.4 Å². The number of nitro groups is 1. The summed E-state index contributed by atoms with van der Waals surface area (Å²) in [5.41, 5.74) is 2.33. The zero-order valence-corrected chi connectivity index (χ0v) is 13.5. The monoisotopic (exact) mass is 333 g/mol. The molecule has 0 aliphatic rings. The zero-order chi connectivity index (χ0) is 17.8. The molecule has 0 saturated heterocycles. The second kappa shape index (κ2) is 6.97. The molecule has 124 valence electrons. The number of nitrogens with zero attached hydrogens (tertiary/aromatic N) is 1. The van der Waals surface area contributed by atoms with E-state index in [9.17, 15) is 14.9 Å². The highest BCUT2D eigenvalue weighted by Gasteiger charge is 2.08. The van der Waals surface area contributed by atoms with Gasteiger partial charge in [-0.25, -0.2) is 0 Å². The third-order valence-corrected chi connectivity index (χ3v) is 3.80. The minimum absolute atomic E-state index is 0.0271. The van der Waals surface area contributed by atoms with Crippen LogP contribution in [0, 0.1) is 17.0 Å². The van der Waals surface area contributed by atoms with Crippen LogP contribution in [0.4, 0.5) is 5.69 Å². The summed E-state index contributed by atoms with van der Waals surface area (Å²) in [4.78, 5) is 22.5. The minimum Gasteiger partial charge on any atom is -0.457 e. The molecule has 0 fully saturated rings. The number of carbonyl (C=O) groups excluding carboxylic acids is 1. The lowest BCUT2D eigenvalue weighted by Crippen LogP contribution is -1.96. The summed E-state index contributed by atoms with van der Waals surface area (Å²) in [7, 11) is 0. The Kier molecular flexibility index (Phi) is 4.57. The lowest BCUT2D eigenvalue weighted by molar-refractivity contribution is -0.384. The minimum atomic E-state index is -0.447. The maximum absolute atomic E-state index is 12.2. The number of hydrogen-bond acceptors (Lipinski definition) is 4. The van der Waals surface area contributed by atoms with E-state index in [0.717, 1.165) is 11.1 Å². The predicted molar refractivity (Wildman–Crippen MR) is 95.3 cm³/mol. The highest BCUT2D eigenvalue weighted by atomic mass is 16.6. The van der Waals surface area contributed by atoms with Crippen molar-refractivity contribution in [2.75, 3.05) is 0 Å². The Bertz CT molecular complexity index is 952. The van der Waals surface area contributed by atoms with Crippen molar-refractivity contribution < 1.29 is 14.1 Å². The maximum Gasteiger partial charge on any atom is 0.269 e. The number of allylic oxidation sites excluding steroid dienone is 1. The van der Waals surface area contributed by atoms with Crippen LogP contribution in [0.3, 0.4) is 0 Å². The molecule has 0 saturated carbocycles. The number of furan rings is 1. The van der Waals surface area contributed by atoms with Gasteiger partial charge in [0.15, 0.2) is 5.78 Å². The quantitative estimate of drug-likeness (QED) is 0.283. The van der Waals surface area contributed by atoms with Gasteiger partial charge in [-0.2, -0.15) is 0 Å². The molecule has 1 aromatic heterocycles. The number of ketones is 1. The molecule has 0 spiro atoms. The van der Waals surface area contributed by atoms with Gasteiger partial charge in [-0.15, -0.1) is 0 Å². The number of aryl methyl sites for hydroxylation is 1. The smallest absolute Gasteiger partial charge is 0.269 e. The topological polar surface area (TPSA) is 73.3 Å². The predicted octanol–water partition coefficient (Wildman–Crippen LogP) is 5.06. The summed E-state index contributed by atoms with van der Waals surface area (Å²) in [5, 5.41) is 10.7. The first-order valence-corrected chi connectivity index (χ1v) is 7.67. The average Bonchev–Trinajstić information content (AvgIpc) is 3.09. The molecule has 0 N–H and O–H groups in total. The highest BCUT2D eigenvalue weighted by Crippen LogP contribution is 2.25. The van der Waals surface area contributed by atoms with E-state index in [4.69, 9.17) is 4.42 Å². The van der Waals surface area contributed by atoms with Gasteiger partial charge in [0.05, 0.1) is 4.92 Å². The average molecular weight is 333 g/mol. The largest absolute Gasteiger partial charge is 0.457 e. The molecular weight excluding hydrogens is 318 g/mol. The van der Waals surface area contributed by atoms with Gasteiger partial charge in [0.2, 0.25) is 0 Å². The van der Waals surface area contributed by atoms with Gasteiger partial charge in [-0.3, -0.25) is 14.9 Å². The van der Waals surface area contributed by atoms with Crippen LogP contribution in [-0.2, 0) is 0 Å². The fourth-order valence-electron chi connectivity index (χ4n) is 2.44. The van der Waals surface area contributed by atoms with Crippen LogP contribution in [0.15, 0.2) is 71.2 Å². The SMILES string of the molecule is Cc1ccccc1C(=O)/C=C/c1ccc(-c2ccc([N+](=O)[O-])cc2)o1. The molecule has 0 unspecified atom stereocenters. The lowest BCUT2D eigenvalue weighted by atomic mass is 10.0. The van der Waals surface area contributed by atoms with Gasteiger partial charge in [0, 0.05) is 23.3 Å². The second-order valence-electron chi connectivity index (χ2n) is 5.52. The lowest BCUT2D eigenvalue weighted by Gasteiger charge is -1.99. The van der Waals surface area contributed by atoms with E-state index < -0.39 is 4.92 Å². The normalized spacial score (nSPS) is 10.9. The van der Waals surface area contributed by atoms with E-state index in [-0.39, 0.29) is 11.5 Å². The van der Waals surface area contributed by atoms with Gasteiger partial charge in [-0.05, 0) is 48.9 Å². The second-order valence-corrected chi connectivity index (χ2v) is 5.52. The van der Waals surface area contributed by atoms with E-state index in [1.165, 1.54) is 18.2 Å². The molecular formula is C20H15NO4. The summed E-state index contributed by atoms with van der Waals surface area (Å²) >= 11 is 0. The fourth-order valence-corrected chi connectivity index (χ4v) is 2.44. The molecule has 2 aromatic carbocycles. The summed E-state index contributed by atoms with van der Waals surface area (Å²) in [6, 6.07) is 17.0. The van der Waals surface area contributed by atoms with Gasteiger partial charge >= 0.3 is 0 Å². The van der Waals surface area contributed by atoms with E-state index in [1.807, 2.05) is 25.1 Å². The maximum atomic E-state index is 12.2. The van der Waals surface area contributed by atoms with Crippen molar-refractivity contribution in [3.8, 4) is 11.3 Å². The van der Waals surface area contributed by atoms with Crippen molar-refractivity contribution >= 4 is 17.5 Å². The molecule has 5 nitrogen and oxygen atoms in total. The number of non-ortho nitro benzene ring substituents is 1. The molecule has 1 heterocycles. The van der Waals surface area contributed by atoms with Gasteiger partial charge in [-0.1, -0.05) is 24.3 Å². The Morgan fingerprint density at radius 3 is 2.44 bits per heavy atom. The molecule has 0 bridgehead atoms. The first-order chi connectivity index (χ1) is 12.0. The Labute approximate surface area is 144 Å². The number of rotatable bonds is 5. The van der Waals surface area contributed by atoms with Crippen LogP contribution in [0.2, 0.25) is 0 Å². The molecule has 0 aliphatic carbocycles. The third kappa shape index (κ3) is 3.72.